The maximum absolute atomic E-state index is 4.01. The number of hydrogen-bond donors (Lipinski definition) is 1. The Morgan fingerprint density at radius 1 is 1.70 bits per heavy atom. The molecule has 2 heterocycles. The lowest BCUT2D eigenvalue weighted by atomic mass is 10.0. The van der Waals surface area contributed by atoms with Crippen molar-refractivity contribution in [1.82, 2.24) is 20.1 Å². The van der Waals surface area contributed by atoms with Gasteiger partial charge in [0.05, 0.1) is 0 Å². The van der Waals surface area contributed by atoms with E-state index in [9.17, 15) is 0 Å². The van der Waals surface area contributed by atoms with Gasteiger partial charge in [-0.2, -0.15) is 0 Å². The Labute approximate surface area is 59.3 Å². The highest BCUT2D eigenvalue weighted by Crippen LogP contribution is 2.15. The second-order valence-electron chi connectivity index (χ2n) is 2.66. The van der Waals surface area contributed by atoms with Crippen LogP contribution < -0.4 is 5.32 Å². The SMILES string of the molecule is Cn1cnnc1C1CNC1. The minimum absolute atomic E-state index is 0.590. The molecule has 0 spiro atoms. The summed E-state index contributed by atoms with van der Waals surface area (Å²) in [7, 11) is 1.98. The first-order valence-electron chi connectivity index (χ1n) is 3.42. The van der Waals surface area contributed by atoms with Crippen molar-refractivity contribution in [3.8, 4) is 0 Å². The number of rotatable bonds is 1. The standard InChI is InChI=1S/C6H10N4/c1-10-4-8-9-6(10)5-2-7-3-5/h4-5,7H,2-3H2,1H3. The van der Waals surface area contributed by atoms with Crippen LogP contribution in [-0.4, -0.2) is 27.9 Å². The van der Waals surface area contributed by atoms with Crippen LogP contribution in [0.3, 0.4) is 0 Å². The van der Waals surface area contributed by atoms with E-state index in [2.05, 4.69) is 15.5 Å². The average molecular weight is 138 g/mol. The van der Waals surface area contributed by atoms with E-state index in [0.717, 1.165) is 18.9 Å². The Balaban J connectivity index is 2.23. The van der Waals surface area contributed by atoms with Crippen LogP contribution in [-0.2, 0) is 7.05 Å². The van der Waals surface area contributed by atoms with Crippen LogP contribution in [0, 0.1) is 0 Å². The maximum atomic E-state index is 4.01. The zero-order valence-electron chi connectivity index (χ0n) is 5.91. The third-order valence-electron chi connectivity index (χ3n) is 1.89. The van der Waals surface area contributed by atoms with Gasteiger partial charge in [0.2, 0.25) is 0 Å². The fraction of sp³-hybridized carbons (Fsp3) is 0.667. The van der Waals surface area contributed by atoms with Gasteiger partial charge in [-0.15, -0.1) is 10.2 Å². The van der Waals surface area contributed by atoms with E-state index < -0.39 is 0 Å². The second kappa shape index (κ2) is 2.05. The van der Waals surface area contributed by atoms with Gasteiger partial charge in [-0.1, -0.05) is 0 Å². The molecule has 1 aliphatic rings. The minimum Gasteiger partial charge on any atom is -0.320 e. The molecule has 10 heavy (non-hydrogen) atoms. The van der Waals surface area contributed by atoms with Crippen molar-refractivity contribution in [2.75, 3.05) is 13.1 Å². The summed E-state index contributed by atoms with van der Waals surface area (Å²) in [5.41, 5.74) is 0. The lowest BCUT2D eigenvalue weighted by Gasteiger charge is -2.25. The highest BCUT2D eigenvalue weighted by Gasteiger charge is 2.22. The van der Waals surface area contributed by atoms with Crippen LogP contribution in [0.4, 0.5) is 0 Å². The molecule has 1 aromatic rings. The van der Waals surface area contributed by atoms with Gasteiger partial charge in [0.15, 0.2) is 0 Å². The molecule has 1 N–H and O–H groups in total. The van der Waals surface area contributed by atoms with Crippen molar-refractivity contribution in [2.24, 2.45) is 7.05 Å². The predicted molar refractivity (Wildman–Crippen MR) is 36.6 cm³/mol. The van der Waals surface area contributed by atoms with E-state index in [1.54, 1.807) is 6.33 Å². The Hall–Kier alpha value is -0.900. The normalized spacial score (nSPS) is 18.9. The molecule has 54 valence electrons. The molecular formula is C6H10N4. The lowest BCUT2D eigenvalue weighted by Crippen LogP contribution is -2.41. The molecule has 1 fully saturated rings. The minimum atomic E-state index is 0.590. The number of aromatic nitrogens is 3. The first-order chi connectivity index (χ1) is 4.88. The molecule has 0 amide bonds. The van der Waals surface area contributed by atoms with Crippen molar-refractivity contribution in [1.29, 1.82) is 0 Å². The van der Waals surface area contributed by atoms with Gasteiger partial charge in [0.1, 0.15) is 12.2 Å². The van der Waals surface area contributed by atoms with E-state index in [0.29, 0.717) is 5.92 Å². The number of nitrogens with one attached hydrogen (secondary N) is 1. The Morgan fingerprint density at radius 2 is 2.50 bits per heavy atom. The zero-order valence-corrected chi connectivity index (χ0v) is 5.91. The summed E-state index contributed by atoms with van der Waals surface area (Å²) < 4.78 is 1.98. The van der Waals surface area contributed by atoms with Crippen molar-refractivity contribution in [3.63, 3.8) is 0 Å². The van der Waals surface area contributed by atoms with Crippen LogP contribution in [0.1, 0.15) is 11.7 Å². The van der Waals surface area contributed by atoms with Crippen LogP contribution in [0.2, 0.25) is 0 Å². The summed E-state index contributed by atoms with van der Waals surface area (Å²) >= 11 is 0. The average Bonchev–Trinajstić information content (AvgIpc) is 2.12. The maximum Gasteiger partial charge on any atom is 0.138 e. The van der Waals surface area contributed by atoms with Gasteiger partial charge in [-0.3, -0.25) is 0 Å². The third kappa shape index (κ3) is 0.724. The summed E-state index contributed by atoms with van der Waals surface area (Å²) in [4.78, 5) is 0. The summed E-state index contributed by atoms with van der Waals surface area (Å²) in [5.74, 6) is 1.69. The first-order valence-corrected chi connectivity index (χ1v) is 3.42. The molecule has 1 aromatic heterocycles. The third-order valence-corrected chi connectivity index (χ3v) is 1.89. The molecule has 1 saturated heterocycles. The van der Waals surface area contributed by atoms with Gasteiger partial charge in [-0.05, 0) is 0 Å². The molecule has 0 aromatic carbocycles. The molecule has 0 radical (unpaired) electrons. The number of aryl methyl sites for hydroxylation is 1. The van der Waals surface area contributed by atoms with Gasteiger partial charge >= 0.3 is 0 Å². The predicted octanol–water partition coefficient (Wildman–Crippen LogP) is -0.498. The molecule has 0 aliphatic carbocycles. The van der Waals surface area contributed by atoms with Crippen molar-refractivity contribution >= 4 is 0 Å². The number of nitrogens with zero attached hydrogens (tertiary/aromatic N) is 3. The fourth-order valence-corrected chi connectivity index (χ4v) is 1.13. The zero-order chi connectivity index (χ0) is 6.97. The second-order valence-corrected chi connectivity index (χ2v) is 2.66. The highest BCUT2D eigenvalue weighted by molar-refractivity contribution is 5.02. The fourth-order valence-electron chi connectivity index (χ4n) is 1.13. The number of hydrogen-bond acceptors (Lipinski definition) is 3. The lowest BCUT2D eigenvalue weighted by molar-refractivity contribution is 0.420. The summed E-state index contributed by atoms with van der Waals surface area (Å²) in [6.07, 6.45) is 1.74. The summed E-state index contributed by atoms with van der Waals surface area (Å²) in [6.45, 7) is 2.10. The van der Waals surface area contributed by atoms with Gasteiger partial charge < -0.3 is 9.88 Å². The molecule has 4 nitrogen and oxygen atoms in total. The van der Waals surface area contributed by atoms with Crippen molar-refractivity contribution < 1.29 is 0 Å². The van der Waals surface area contributed by atoms with Crippen molar-refractivity contribution in [3.05, 3.63) is 12.2 Å². The molecule has 0 saturated carbocycles. The first kappa shape index (κ1) is 5.85. The highest BCUT2D eigenvalue weighted by atomic mass is 15.3. The van der Waals surface area contributed by atoms with E-state index in [1.807, 2.05) is 11.6 Å². The van der Waals surface area contributed by atoms with E-state index in [1.165, 1.54) is 0 Å². The monoisotopic (exact) mass is 138 g/mol. The smallest absolute Gasteiger partial charge is 0.138 e. The van der Waals surface area contributed by atoms with Gasteiger partial charge in [0.25, 0.3) is 0 Å². The van der Waals surface area contributed by atoms with Crippen LogP contribution >= 0.6 is 0 Å². The van der Waals surface area contributed by atoms with Crippen molar-refractivity contribution in [2.45, 2.75) is 5.92 Å². The van der Waals surface area contributed by atoms with Crippen LogP contribution in [0.5, 0.6) is 0 Å². The Bertz CT molecular complexity index is 225. The van der Waals surface area contributed by atoms with Gasteiger partial charge in [-0.25, -0.2) is 0 Å². The molecular weight excluding hydrogens is 128 g/mol. The Morgan fingerprint density at radius 3 is 2.90 bits per heavy atom. The summed E-state index contributed by atoms with van der Waals surface area (Å²) in [6, 6.07) is 0. The molecule has 4 heteroatoms. The molecule has 0 bridgehead atoms. The molecule has 0 unspecified atom stereocenters. The molecule has 2 rings (SSSR count). The van der Waals surface area contributed by atoms with Crippen LogP contribution in [0.15, 0.2) is 6.33 Å². The van der Waals surface area contributed by atoms with E-state index in [-0.39, 0.29) is 0 Å². The quantitative estimate of drug-likeness (QED) is 0.569. The van der Waals surface area contributed by atoms with Crippen LogP contribution in [0.25, 0.3) is 0 Å². The Kier molecular flexibility index (Phi) is 1.20. The largest absolute Gasteiger partial charge is 0.320 e. The van der Waals surface area contributed by atoms with Gasteiger partial charge in [0, 0.05) is 26.1 Å². The van der Waals surface area contributed by atoms with E-state index in [4.69, 9.17) is 0 Å². The summed E-state index contributed by atoms with van der Waals surface area (Å²) in [5, 5.41) is 11.0. The van der Waals surface area contributed by atoms with E-state index >= 15 is 0 Å². The topological polar surface area (TPSA) is 42.7 Å². The molecule has 0 atom stereocenters. The molecule has 1 aliphatic heterocycles.